The Balaban J connectivity index is 1.71. The van der Waals surface area contributed by atoms with E-state index in [0.717, 1.165) is 22.6 Å². The molecule has 1 aliphatic heterocycles. The lowest BCUT2D eigenvalue weighted by Crippen LogP contribution is -2.52. The number of rotatable bonds is 2. The molecule has 2 nitrogen and oxygen atoms in total. The molecule has 1 heterocycles. The summed E-state index contributed by atoms with van der Waals surface area (Å²) in [6, 6.07) is 6.25. The average molecular weight is 372 g/mol. The fourth-order valence-electron chi connectivity index (χ4n) is 3.81. The molecule has 0 atom stereocenters. The van der Waals surface area contributed by atoms with E-state index in [1.807, 2.05) is 6.07 Å². The molecular formula is C17H24BrClN2. The average Bonchev–Trinajstić information content (AvgIpc) is 2.65. The van der Waals surface area contributed by atoms with Crippen LogP contribution in [0.3, 0.4) is 0 Å². The Kier molecular flexibility index (Phi) is 5.26. The first-order valence-corrected chi connectivity index (χ1v) is 9.25. The van der Waals surface area contributed by atoms with Crippen LogP contribution in [-0.4, -0.2) is 30.1 Å². The quantitative estimate of drug-likeness (QED) is 0.817. The monoisotopic (exact) mass is 370 g/mol. The van der Waals surface area contributed by atoms with Crippen molar-refractivity contribution in [3.63, 3.8) is 0 Å². The molecular weight excluding hydrogens is 348 g/mol. The predicted molar refractivity (Wildman–Crippen MR) is 92.9 cm³/mol. The third-order valence-electron chi connectivity index (χ3n) is 4.90. The van der Waals surface area contributed by atoms with Crippen LogP contribution in [0.2, 0.25) is 5.02 Å². The topological polar surface area (TPSA) is 15.3 Å². The van der Waals surface area contributed by atoms with E-state index in [4.69, 9.17) is 11.6 Å². The summed E-state index contributed by atoms with van der Waals surface area (Å²) in [6.45, 7) is 4.46. The molecule has 116 valence electrons. The van der Waals surface area contributed by atoms with Gasteiger partial charge in [-0.05, 0) is 50.0 Å². The Morgan fingerprint density at radius 1 is 1.19 bits per heavy atom. The molecule has 1 spiro atoms. The summed E-state index contributed by atoms with van der Waals surface area (Å²) >= 11 is 9.88. The smallest absolute Gasteiger partial charge is 0.0462 e. The Bertz CT molecular complexity index is 486. The molecule has 2 fully saturated rings. The molecule has 0 bridgehead atoms. The first-order chi connectivity index (χ1) is 10.2. The standard InChI is InChI=1S/C17H24BrClN2/c18-15-6-5-14(16(19)11-15)12-21-10-4-9-20-17(13-21)7-2-1-3-8-17/h5-6,11,20H,1-4,7-10,12-13H2. The third-order valence-corrected chi connectivity index (χ3v) is 5.74. The van der Waals surface area contributed by atoms with Crippen molar-refractivity contribution < 1.29 is 0 Å². The molecule has 2 aliphatic rings. The molecule has 0 radical (unpaired) electrons. The first-order valence-electron chi connectivity index (χ1n) is 8.08. The zero-order valence-electron chi connectivity index (χ0n) is 12.5. The maximum Gasteiger partial charge on any atom is 0.0462 e. The third kappa shape index (κ3) is 4.01. The minimum atomic E-state index is 0.358. The van der Waals surface area contributed by atoms with Crippen molar-refractivity contribution in [2.45, 2.75) is 50.6 Å². The van der Waals surface area contributed by atoms with Gasteiger partial charge in [-0.2, -0.15) is 0 Å². The van der Waals surface area contributed by atoms with Gasteiger partial charge in [0.25, 0.3) is 0 Å². The number of benzene rings is 1. The Hall–Kier alpha value is -0.0900. The predicted octanol–water partition coefficient (Wildman–Crippen LogP) is 4.60. The van der Waals surface area contributed by atoms with Crippen molar-refractivity contribution in [1.29, 1.82) is 0 Å². The van der Waals surface area contributed by atoms with Gasteiger partial charge < -0.3 is 5.32 Å². The maximum absolute atomic E-state index is 6.39. The highest BCUT2D eigenvalue weighted by atomic mass is 79.9. The molecule has 0 aromatic heterocycles. The molecule has 1 aromatic carbocycles. The summed E-state index contributed by atoms with van der Waals surface area (Å²) in [5.41, 5.74) is 1.60. The van der Waals surface area contributed by atoms with Crippen molar-refractivity contribution in [1.82, 2.24) is 10.2 Å². The molecule has 4 heteroatoms. The van der Waals surface area contributed by atoms with Crippen LogP contribution < -0.4 is 5.32 Å². The van der Waals surface area contributed by atoms with E-state index in [1.54, 1.807) is 0 Å². The molecule has 1 saturated heterocycles. The Morgan fingerprint density at radius 2 is 2.00 bits per heavy atom. The van der Waals surface area contributed by atoms with Gasteiger partial charge in [0.1, 0.15) is 0 Å². The van der Waals surface area contributed by atoms with Gasteiger partial charge in [-0.3, -0.25) is 4.90 Å². The van der Waals surface area contributed by atoms with Gasteiger partial charge >= 0.3 is 0 Å². The van der Waals surface area contributed by atoms with E-state index in [9.17, 15) is 0 Å². The molecule has 21 heavy (non-hydrogen) atoms. The molecule has 1 aromatic rings. The van der Waals surface area contributed by atoms with Gasteiger partial charge in [0, 0.05) is 28.1 Å². The Labute approximate surface area is 141 Å². The second-order valence-corrected chi connectivity index (χ2v) is 7.89. The lowest BCUT2D eigenvalue weighted by molar-refractivity contribution is 0.159. The fourth-order valence-corrected chi connectivity index (χ4v) is 4.54. The summed E-state index contributed by atoms with van der Waals surface area (Å²) in [5.74, 6) is 0. The SMILES string of the molecule is Clc1cc(Br)ccc1CN1CCCNC2(CCCCC2)C1. The zero-order chi connectivity index (χ0) is 14.7. The van der Waals surface area contributed by atoms with E-state index in [1.165, 1.54) is 57.2 Å². The van der Waals surface area contributed by atoms with Crippen molar-refractivity contribution in [2.75, 3.05) is 19.6 Å². The second-order valence-electron chi connectivity index (χ2n) is 6.57. The van der Waals surface area contributed by atoms with E-state index in [-0.39, 0.29) is 0 Å². The minimum absolute atomic E-state index is 0.358. The molecule has 1 aliphatic carbocycles. The van der Waals surface area contributed by atoms with Crippen molar-refractivity contribution >= 4 is 27.5 Å². The van der Waals surface area contributed by atoms with Crippen LogP contribution in [0.5, 0.6) is 0 Å². The second kappa shape index (κ2) is 6.99. The fraction of sp³-hybridized carbons (Fsp3) is 0.647. The van der Waals surface area contributed by atoms with E-state index >= 15 is 0 Å². The normalized spacial score (nSPS) is 23.1. The number of hydrogen-bond acceptors (Lipinski definition) is 2. The summed E-state index contributed by atoms with van der Waals surface area (Å²) in [4.78, 5) is 2.60. The van der Waals surface area contributed by atoms with Crippen LogP contribution in [0.25, 0.3) is 0 Å². The Morgan fingerprint density at radius 3 is 2.76 bits per heavy atom. The van der Waals surface area contributed by atoms with Crippen LogP contribution in [0, 0.1) is 0 Å². The van der Waals surface area contributed by atoms with Gasteiger partial charge in [-0.15, -0.1) is 0 Å². The van der Waals surface area contributed by atoms with Crippen LogP contribution >= 0.6 is 27.5 Å². The number of hydrogen-bond donors (Lipinski definition) is 1. The largest absolute Gasteiger partial charge is 0.310 e. The number of nitrogens with zero attached hydrogens (tertiary/aromatic N) is 1. The van der Waals surface area contributed by atoms with Gasteiger partial charge in [0.05, 0.1) is 0 Å². The highest BCUT2D eigenvalue weighted by Gasteiger charge is 2.34. The van der Waals surface area contributed by atoms with E-state index < -0.39 is 0 Å². The van der Waals surface area contributed by atoms with Crippen LogP contribution in [0.4, 0.5) is 0 Å². The van der Waals surface area contributed by atoms with Crippen molar-refractivity contribution in [2.24, 2.45) is 0 Å². The lowest BCUT2D eigenvalue weighted by atomic mass is 9.81. The van der Waals surface area contributed by atoms with Crippen LogP contribution in [-0.2, 0) is 6.54 Å². The van der Waals surface area contributed by atoms with Gasteiger partial charge in [-0.1, -0.05) is 52.9 Å². The van der Waals surface area contributed by atoms with E-state index in [2.05, 4.69) is 38.3 Å². The molecule has 3 rings (SSSR count). The van der Waals surface area contributed by atoms with Gasteiger partial charge in [-0.25, -0.2) is 0 Å². The lowest BCUT2D eigenvalue weighted by Gasteiger charge is -2.40. The van der Waals surface area contributed by atoms with E-state index in [0.29, 0.717) is 5.54 Å². The summed E-state index contributed by atoms with van der Waals surface area (Å²) < 4.78 is 1.05. The van der Waals surface area contributed by atoms with Crippen LogP contribution in [0.1, 0.15) is 44.1 Å². The minimum Gasteiger partial charge on any atom is -0.310 e. The van der Waals surface area contributed by atoms with Crippen LogP contribution in [0.15, 0.2) is 22.7 Å². The van der Waals surface area contributed by atoms with Crippen molar-refractivity contribution in [3.05, 3.63) is 33.3 Å². The van der Waals surface area contributed by atoms with Crippen molar-refractivity contribution in [3.8, 4) is 0 Å². The summed E-state index contributed by atoms with van der Waals surface area (Å²) in [6.07, 6.45) is 8.05. The number of nitrogens with one attached hydrogen (secondary N) is 1. The molecule has 1 N–H and O–H groups in total. The number of halogens is 2. The molecule has 0 amide bonds. The highest BCUT2D eigenvalue weighted by molar-refractivity contribution is 9.10. The maximum atomic E-state index is 6.39. The summed E-state index contributed by atoms with van der Waals surface area (Å²) in [5, 5.41) is 4.73. The highest BCUT2D eigenvalue weighted by Crippen LogP contribution is 2.31. The zero-order valence-corrected chi connectivity index (χ0v) is 14.8. The summed E-state index contributed by atoms with van der Waals surface area (Å²) in [7, 11) is 0. The first kappa shape index (κ1) is 15.8. The van der Waals surface area contributed by atoms with Gasteiger partial charge in [0.2, 0.25) is 0 Å². The molecule has 1 saturated carbocycles. The van der Waals surface area contributed by atoms with Gasteiger partial charge in [0.15, 0.2) is 0 Å². The molecule has 0 unspecified atom stereocenters.